The van der Waals surface area contributed by atoms with Crippen LogP contribution in [0.1, 0.15) is 60.7 Å². The van der Waals surface area contributed by atoms with Crippen LogP contribution in [0.15, 0.2) is 30.4 Å². The molecular formula is C25H24O6. The topological polar surface area (TPSA) is 85.2 Å². The number of ketones is 1. The van der Waals surface area contributed by atoms with Crippen molar-refractivity contribution in [3.8, 4) is 28.7 Å². The molecule has 1 atom stereocenters. The van der Waals surface area contributed by atoms with Crippen molar-refractivity contribution in [1.29, 1.82) is 0 Å². The highest BCUT2D eigenvalue weighted by molar-refractivity contribution is 6.08. The van der Waals surface area contributed by atoms with Gasteiger partial charge in [-0.3, -0.25) is 4.79 Å². The standard InChI is InChI=1S/C25H24O6/c1-24(2)7-5-13-9-15(17(26)10-18(13)30-24)16-12-29-20-11-19-14(6-8-25(3,4)31-19)22(27)21(20)23(16)28/h5-11,16,26-27H,12H2,1-4H3/t16-/m0/s1. The van der Waals surface area contributed by atoms with Crippen LogP contribution < -0.4 is 14.2 Å². The fourth-order valence-corrected chi connectivity index (χ4v) is 4.20. The molecule has 6 nitrogen and oxygen atoms in total. The van der Waals surface area contributed by atoms with Crippen molar-refractivity contribution in [3.05, 3.63) is 52.6 Å². The van der Waals surface area contributed by atoms with Crippen LogP contribution in [0.3, 0.4) is 0 Å². The first kappa shape index (κ1) is 19.5. The van der Waals surface area contributed by atoms with Gasteiger partial charge in [-0.1, -0.05) is 6.08 Å². The SMILES string of the molecule is CC1(C)C=Cc2cc([C@@H]3COc4cc5c(c(O)c4C3=O)C=CC(C)(C)O5)c(O)cc2O1. The zero-order valence-electron chi connectivity index (χ0n) is 17.9. The van der Waals surface area contributed by atoms with E-state index in [1.54, 1.807) is 18.2 Å². The molecule has 2 aromatic carbocycles. The van der Waals surface area contributed by atoms with Crippen LogP contribution in [-0.2, 0) is 0 Å². The molecule has 0 spiro atoms. The largest absolute Gasteiger partial charge is 0.508 e. The summed E-state index contributed by atoms with van der Waals surface area (Å²) in [6.07, 6.45) is 7.43. The van der Waals surface area contributed by atoms with Crippen molar-refractivity contribution in [2.45, 2.75) is 44.8 Å². The Balaban J connectivity index is 1.56. The molecular weight excluding hydrogens is 396 g/mol. The lowest BCUT2D eigenvalue weighted by molar-refractivity contribution is 0.0888. The van der Waals surface area contributed by atoms with E-state index in [9.17, 15) is 15.0 Å². The van der Waals surface area contributed by atoms with E-state index in [1.807, 2.05) is 45.9 Å². The van der Waals surface area contributed by atoms with Gasteiger partial charge in [0.25, 0.3) is 0 Å². The monoisotopic (exact) mass is 420 g/mol. The Morgan fingerprint density at radius 3 is 2.32 bits per heavy atom. The fourth-order valence-electron chi connectivity index (χ4n) is 4.20. The minimum Gasteiger partial charge on any atom is -0.508 e. The Hall–Kier alpha value is -3.41. The van der Waals surface area contributed by atoms with E-state index in [0.717, 1.165) is 5.56 Å². The Kier molecular flexibility index (Phi) is 3.97. The second-order valence-electron chi connectivity index (χ2n) is 9.26. The number of hydrogen-bond donors (Lipinski definition) is 2. The highest BCUT2D eigenvalue weighted by Crippen LogP contribution is 2.48. The first-order valence-electron chi connectivity index (χ1n) is 10.2. The van der Waals surface area contributed by atoms with Gasteiger partial charge in [-0.15, -0.1) is 0 Å². The van der Waals surface area contributed by atoms with E-state index in [1.165, 1.54) is 6.07 Å². The van der Waals surface area contributed by atoms with Gasteiger partial charge in [0, 0.05) is 23.3 Å². The third kappa shape index (κ3) is 3.14. The number of Topliss-reactive ketones (excluding diaryl/α,β-unsaturated/α-hetero) is 1. The molecule has 160 valence electrons. The fraction of sp³-hybridized carbons (Fsp3) is 0.320. The number of phenols is 2. The molecule has 3 aliphatic rings. The summed E-state index contributed by atoms with van der Waals surface area (Å²) in [5.74, 6) is 0.0304. The molecule has 0 radical (unpaired) electrons. The molecule has 0 saturated heterocycles. The van der Waals surface area contributed by atoms with Crippen LogP contribution in [0.4, 0.5) is 0 Å². The molecule has 5 rings (SSSR count). The molecule has 6 heteroatoms. The first-order chi connectivity index (χ1) is 14.5. The van der Waals surface area contributed by atoms with E-state index in [4.69, 9.17) is 14.2 Å². The van der Waals surface area contributed by atoms with Crippen LogP contribution >= 0.6 is 0 Å². The molecule has 0 aliphatic carbocycles. The van der Waals surface area contributed by atoms with Gasteiger partial charge in [0.1, 0.15) is 52.1 Å². The van der Waals surface area contributed by atoms with Crippen molar-refractivity contribution in [2.75, 3.05) is 6.61 Å². The number of carbonyl (C=O) groups excluding carboxylic acids is 1. The molecule has 2 N–H and O–H groups in total. The average molecular weight is 420 g/mol. The summed E-state index contributed by atoms with van der Waals surface area (Å²) in [5.41, 5.74) is 0.774. The highest BCUT2D eigenvalue weighted by Gasteiger charge is 2.38. The Labute approximate surface area is 180 Å². The summed E-state index contributed by atoms with van der Waals surface area (Å²) in [6, 6.07) is 4.92. The molecule has 31 heavy (non-hydrogen) atoms. The zero-order chi connectivity index (χ0) is 22.1. The summed E-state index contributed by atoms with van der Waals surface area (Å²) in [6.45, 7) is 7.71. The molecule has 2 aromatic rings. The van der Waals surface area contributed by atoms with Gasteiger partial charge in [0.05, 0.1) is 11.5 Å². The zero-order valence-corrected chi connectivity index (χ0v) is 17.9. The number of ether oxygens (including phenoxy) is 3. The second-order valence-corrected chi connectivity index (χ2v) is 9.26. The highest BCUT2D eigenvalue weighted by atomic mass is 16.5. The van der Waals surface area contributed by atoms with Gasteiger partial charge in [-0.05, 0) is 52.0 Å². The van der Waals surface area contributed by atoms with Crippen molar-refractivity contribution in [2.24, 2.45) is 0 Å². The Bertz CT molecular complexity index is 1190. The van der Waals surface area contributed by atoms with Crippen LogP contribution in [0, 0.1) is 0 Å². The number of fused-ring (bicyclic) bond motifs is 3. The molecule has 0 unspecified atom stereocenters. The third-order valence-electron chi connectivity index (χ3n) is 5.83. The second kappa shape index (κ2) is 6.30. The van der Waals surface area contributed by atoms with Crippen molar-refractivity contribution >= 4 is 17.9 Å². The molecule has 3 aliphatic heterocycles. The number of carbonyl (C=O) groups is 1. The molecule has 3 heterocycles. The summed E-state index contributed by atoms with van der Waals surface area (Å²) >= 11 is 0. The number of phenolic OH excluding ortho intramolecular Hbond substituents is 2. The van der Waals surface area contributed by atoms with E-state index < -0.39 is 17.1 Å². The van der Waals surface area contributed by atoms with Crippen molar-refractivity contribution < 1.29 is 29.2 Å². The lowest BCUT2D eigenvalue weighted by atomic mass is 9.85. The van der Waals surface area contributed by atoms with Crippen molar-refractivity contribution in [1.82, 2.24) is 0 Å². The van der Waals surface area contributed by atoms with E-state index >= 15 is 0 Å². The first-order valence-corrected chi connectivity index (χ1v) is 10.2. The average Bonchev–Trinajstić information content (AvgIpc) is 2.66. The number of rotatable bonds is 1. The third-order valence-corrected chi connectivity index (χ3v) is 5.83. The molecule has 0 amide bonds. The van der Waals surface area contributed by atoms with Crippen LogP contribution in [0.25, 0.3) is 12.2 Å². The van der Waals surface area contributed by atoms with Crippen LogP contribution in [-0.4, -0.2) is 33.8 Å². The predicted octanol–water partition coefficient (Wildman–Crippen LogP) is 4.83. The van der Waals surface area contributed by atoms with E-state index in [0.29, 0.717) is 22.6 Å². The van der Waals surface area contributed by atoms with Crippen LogP contribution in [0.2, 0.25) is 0 Å². The molecule has 0 fully saturated rings. The quantitative estimate of drug-likeness (QED) is 0.688. The van der Waals surface area contributed by atoms with Gasteiger partial charge < -0.3 is 24.4 Å². The minimum atomic E-state index is -0.755. The van der Waals surface area contributed by atoms with Crippen LogP contribution in [0.5, 0.6) is 28.7 Å². The summed E-state index contributed by atoms with van der Waals surface area (Å²) in [5, 5.41) is 21.5. The summed E-state index contributed by atoms with van der Waals surface area (Å²) in [7, 11) is 0. The Morgan fingerprint density at radius 1 is 0.903 bits per heavy atom. The Morgan fingerprint density at radius 2 is 1.58 bits per heavy atom. The molecule has 0 bridgehead atoms. The number of hydrogen-bond acceptors (Lipinski definition) is 6. The normalized spacial score (nSPS) is 21.8. The predicted molar refractivity (Wildman–Crippen MR) is 116 cm³/mol. The number of benzene rings is 2. The van der Waals surface area contributed by atoms with Crippen molar-refractivity contribution in [3.63, 3.8) is 0 Å². The van der Waals surface area contributed by atoms with Gasteiger partial charge in [-0.2, -0.15) is 0 Å². The van der Waals surface area contributed by atoms with Gasteiger partial charge in [-0.25, -0.2) is 0 Å². The van der Waals surface area contributed by atoms with Gasteiger partial charge >= 0.3 is 0 Å². The smallest absolute Gasteiger partial charge is 0.181 e. The molecule has 0 saturated carbocycles. The van der Waals surface area contributed by atoms with E-state index in [2.05, 4.69) is 0 Å². The van der Waals surface area contributed by atoms with Gasteiger partial charge in [0.2, 0.25) is 0 Å². The minimum absolute atomic E-state index is 0.0438. The lowest BCUT2D eigenvalue weighted by Crippen LogP contribution is -2.30. The van der Waals surface area contributed by atoms with E-state index in [-0.39, 0.29) is 35.2 Å². The summed E-state index contributed by atoms with van der Waals surface area (Å²) < 4.78 is 17.7. The summed E-state index contributed by atoms with van der Waals surface area (Å²) in [4.78, 5) is 13.4. The maximum Gasteiger partial charge on any atom is 0.181 e. The van der Waals surface area contributed by atoms with Gasteiger partial charge in [0.15, 0.2) is 5.78 Å². The number of aromatic hydroxyl groups is 2. The molecule has 0 aromatic heterocycles. The lowest BCUT2D eigenvalue weighted by Gasteiger charge is -2.32. The maximum atomic E-state index is 13.4. The maximum absolute atomic E-state index is 13.4.